The topological polar surface area (TPSA) is 120 Å². The number of carbonyl (C=O) groups is 2. The molecule has 1 atom stereocenters. The smallest absolute Gasteiger partial charge is 0.290 e. The van der Waals surface area contributed by atoms with Crippen LogP contribution in [0, 0.1) is 10.1 Å². The predicted molar refractivity (Wildman–Crippen MR) is 111 cm³/mol. The number of nitro groups is 1. The summed E-state index contributed by atoms with van der Waals surface area (Å²) in [5.41, 5.74) is 0.199. The highest BCUT2D eigenvalue weighted by Gasteiger charge is 2.44. The van der Waals surface area contributed by atoms with E-state index in [1.54, 1.807) is 36.1 Å². The Morgan fingerprint density at radius 3 is 2.84 bits per heavy atom. The maximum Gasteiger partial charge on any atom is 0.290 e. The van der Waals surface area contributed by atoms with Crippen molar-refractivity contribution in [2.45, 2.75) is 19.0 Å². The van der Waals surface area contributed by atoms with Gasteiger partial charge in [0, 0.05) is 25.1 Å². The normalized spacial score (nSPS) is 16.2. The molecular weight excluding hydrogens is 420 g/mol. The summed E-state index contributed by atoms with van der Waals surface area (Å²) in [5, 5.41) is 23.6. The molecule has 1 aromatic carbocycles. The molecule has 10 heteroatoms. The van der Waals surface area contributed by atoms with Crippen LogP contribution in [-0.4, -0.2) is 38.1 Å². The van der Waals surface area contributed by atoms with Crippen molar-refractivity contribution in [3.8, 4) is 0 Å². The van der Waals surface area contributed by atoms with Crippen molar-refractivity contribution in [1.29, 1.82) is 0 Å². The highest BCUT2D eigenvalue weighted by Crippen LogP contribution is 2.40. The van der Waals surface area contributed by atoms with Crippen LogP contribution in [0.1, 0.15) is 27.7 Å². The highest BCUT2D eigenvalue weighted by atomic mass is 32.1. The third-order valence-electron chi connectivity index (χ3n) is 5.11. The van der Waals surface area contributed by atoms with E-state index in [-0.39, 0.29) is 17.8 Å². The number of hydrogen-bond acceptors (Lipinski definition) is 6. The van der Waals surface area contributed by atoms with Crippen LogP contribution in [0.2, 0.25) is 0 Å². The van der Waals surface area contributed by atoms with E-state index in [0.29, 0.717) is 23.4 Å². The van der Waals surface area contributed by atoms with Crippen molar-refractivity contribution in [1.82, 2.24) is 9.88 Å². The number of Topliss-reactive ketones (excluding diaryl/α,β-unsaturated/α-hetero) is 1. The molecule has 2 aromatic heterocycles. The molecule has 1 aliphatic rings. The predicted octanol–water partition coefficient (Wildman–Crippen LogP) is 2.94. The van der Waals surface area contributed by atoms with Crippen LogP contribution in [0.5, 0.6) is 0 Å². The van der Waals surface area contributed by atoms with Gasteiger partial charge in [0.05, 0.1) is 28.0 Å². The van der Waals surface area contributed by atoms with Crippen LogP contribution in [0.25, 0.3) is 0 Å². The van der Waals surface area contributed by atoms with E-state index < -0.39 is 28.4 Å². The third kappa shape index (κ3) is 3.97. The van der Waals surface area contributed by atoms with Crippen LogP contribution >= 0.6 is 11.3 Å². The van der Waals surface area contributed by atoms with Crippen molar-refractivity contribution < 1.29 is 24.2 Å². The number of H-pyrrole nitrogens is 1. The van der Waals surface area contributed by atoms with E-state index in [1.807, 2.05) is 10.8 Å². The number of thiophene rings is 1. The lowest BCUT2D eigenvalue weighted by atomic mass is 9.95. The zero-order chi connectivity index (χ0) is 22.0. The Labute approximate surface area is 181 Å². The lowest BCUT2D eigenvalue weighted by molar-refractivity contribution is -0.695. The van der Waals surface area contributed by atoms with E-state index >= 15 is 0 Å². The number of aliphatic hydroxyl groups excluding tert-OH is 1. The molecule has 0 saturated carbocycles. The number of rotatable bonds is 8. The lowest BCUT2D eigenvalue weighted by Gasteiger charge is -2.26. The molecule has 1 amide bonds. The number of amides is 1. The molecular formula is C21H19N4O5S+. The summed E-state index contributed by atoms with van der Waals surface area (Å²) < 4.78 is 1.91. The molecule has 0 bridgehead atoms. The standard InChI is InChI=1S/C21H18N4O5S/c26-19(16-6-2-11-31-16)17-18(14-4-1-5-15(12-14)25(29)30)24(21(28)20(17)27)9-3-8-23-10-7-22-13-23/h1-2,4-7,10-13,18H,3,8-9H2,(H,26,27)/p+1. The SMILES string of the molecule is O=C(C1=C(O)C(=O)N(CCC[n+]2cc[nH]c2)C1c1cccc([N+](=O)[O-])c1)c1cccs1. The molecule has 3 heterocycles. The molecule has 0 saturated heterocycles. The lowest BCUT2D eigenvalue weighted by Crippen LogP contribution is -2.36. The summed E-state index contributed by atoms with van der Waals surface area (Å²) in [7, 11) is 0. The minimum Gasteiger partial charge on any atom is -0.503 e. The number of aromatic nitrogens is 2. The van der Waals surface area contributed by atoms with Gasteiger partial charge in [0.25, 0.3) is 11.6 Å². The Morgan fingerprint density at radius 2 is 2.16 bits per heavy atom. The molecule has 2 N–H and O–H groups in total. The quantitative estimate of drug-likeness (QED) is 0.242. The first-order chi connectivity index (χ1) is 15.0. The molecule has 4 rings (SSSR count). The van der Waals surface area contributed by atoms with Gasteiger partial charge in [-0.2, -0.15) is 0 Å². The van der Waals surface area contributed by atoms with Crippen LogP contribution < -0.4 is 4.57 Å². The van der Waals surface area contributed by atoms with E-state index in [0.717, 1.165) is 0 Å². The van der Waals surface area contributed by atoms with E-state index in [1.165, 1.54) is 34.4 Å². The molecule has 3 aromatic rings. The zero-order valence-electron chi connectivity index (χ0n) is 16.3. The van der Waals surface area contributed by atoms with Gasteiger partial charge in [0.15, 0.2) is 5.76 Å². The Morgan fingerprint density at radius 1 is 1.32 bits per heavy atom. The summed E-state index contributed by atoms with van der Waals surface area (Å²) in [6.45, 7) is 0.875. The fourth-order valence-corrected chi connectivity index (χ4v) is 4.37. The van der Waals surface area contributed by atoms with Crippen molar-refractivity contribution in [2.24, 2.45) is 0 Å². The zero-order valence-corrected chi connectivity index (χ0v) is 17.1. The van der Waals surface area contributed by atoms with Gasteiger partial charge >= 0.3 is 0 Å². The van der Waals surface area contributed by atoms with E-state index in [9.17, 15) is 24.8 Å². The summed E-state index contributed by atoms with van der Waals surface area (Å²) in [6.07, 6.45) is 5.97. The Bertz CT molecular complexity index is 1150. The van der Waals surface area contributed by atoms with Gasteiger partial charge in [0.1, 0.15) is 12.4 Å². The monoisotopic (exact) mass is 439 g/mol. The van der Waals surface area contributed by atoms with Gasteiger partial charge in [-0.25, -0.2) is 4.57 Å². The molecule has 9 nitrogen and oxygen atoms in total. The Hall–Kier alpha value is -3.79. The number of nitro benzene ring substituents is 1. The van der Waals surface area contributed by atoms with Crippen molar-refractivity contribution in [3.63, 3.8) is 0 Å². The second-order valence-electron chi connectivity index (χ2n) is 7.02. The number of imidazole rings is 1. The van der Waals surface area contributed by atoms with Crippen molar-refractivity contribution in [3.05, 3.63) is 92.4 Å². The van der Waals surface area contributed by atoms with Gasteiger partial charge < -0.3 is 10.0 Å². The molecule has 1 unspecified atom stereocenters. The number of non-ortho nitro benzene ring substituents is 1. The van der Waals surface area contributed by atoms with Gasteiger partial charge in [-0.1, -0.05) is 18.2 Å². The number of nitrogens with zero attached hydrogens (tertiary/aromatic N) is 3. The molecule has 0 spiro atoms. The fraction of sp³-hybridized carbons (Fsp3) is 0.190. The number of aryl methyl sites for hydroxylation is 1. The second kappa shape index (κ2) is 8.52. The minimum atomic E-state index is -0.904. The average molecular weight is 439 g/mol. The summed E-state index contributed by atoms with van der Waals surface area (Å²) in [6, 6.07) is 8.24. The number of nitrogens with one attached hydrogen (secondary N) is 1. The number of aromatic amines is 1. The van der Waals surface area contributed by atoms with E-state index in [4.69, 9.17) is 0 Å². The van der Waals surface area contributed by atoms with Crippen LogP contribution in [0.15, 0.2) is 71.8 Å². The summed E-state index contributed by atoms with van der Waals surface area (Å²) in [4.78, 5) is 41.5. The minimum absolute atomic E-state index is 0.0535. The number of hydrogen-bond donors (Lipinski definition) is 2. The van der Waals surface area contributed by atoms with Gasteiger partial charge in [-0.15, -0.1) is 11.3 Å². The molecule has 0 fully saturated rings. The Balaban J connectivity index is 1.70. The molecule has 31 heavy (non-hydrogen) atoms. The average Bonchev–Trinajstić information content (AvgIpc) is 3.52. The summed E-state index contributed by atoms with van der Waals surface area (Å²) >= 11 is 1.20. The number of ketones is 1. The number of carbonyl (C=O) groups excluding carboxylic acids is 2. The van der Waals surface area contributed by atoms with Crippen molar-refractivity contribution >= 4 is 28.7 Å². The third-order valence-corrected chi connectivity index (χ3v) is 5.98. The first kappa shape index (κ1) is 20.5. The second-order valence-corrected chi connectivity index (χ2v) is 7.97. The van der Waals surface area contributed by atoms with Crippen LogP contribution in [0.3, 0.4) is 0 Å². The van der Waals surface area contributed by atoms with Crippen LogP contribution in [0.4, 0.5) is 5.69 Å². The first-order valence-corrected chi connectivity index (χ1v) is 10.4. The summed E-state index contributed by atoms with van der Waals surface area (Å²) in [5.74, 6) is -1.72. The molecule has 0 aliphatic carbocycles. The van der Waals surface area contributed by atoms with Crippen LogP contribution in [-0.2, 0) is 11.3 Å². The largest absolute Gasteiger partial charge is 0.503 e. The molecule has 158 valence electrons. The number of aliphatic hydroxyl groups is 1. The molecule has 1 aliphatic heterocycles. The maximum absolute atomic E-state index is 13.1. The number of benzene rings is 1. The maximum atomic E-state index is 13.1. The van der Waals surface area contributed by atoms with Crippen molar-refractivity contribution in [2.75, 3.05) is 6.54 Å². The Kier molecular flexibility index (Phi) is 5.63. The highest BCUT2D eigenvalue weighted by molar-refractivity contribution is 7.12. The first-order valence-electron chi connectivity index (χ1n) is 9.56. The fourth-order valence-electron chi connectivity index (χ4n) is 3.70. The van der Waals surface area contributed by atoms with Gasteiger partial charge in [0.2, 0.25) is 12.1 Å². The van der Waals surface area contributed by atoms with E-state index in [2.05, 4.69) is 4.98 Å². The van der Waals surface area contributed by atoms with Gasteiger partial charge in [-0.05, 0) is 17.0 Å². The van der Waals surface area contributed by atoms with Gasteiger partial charge in [-0.3, -0.25) is 24.7 Å². The molecule has 0 radical (unpaired) electrons.